The maximum Gasteiger partial charge on any atom is 0.373 e. The Balaban J connectivity index is 3.06. The molecule has 0 saturated carbocycles. The van der Waals surface area contributed by atoms with Crippen molar-refractivity contribution in [3.63, 3.8) is 0 Å². The molecule has 0 aliphatic heterocycles. The molecule has 10 heteroatoms. The van der Waals surface area contributed by atoms with E-state index in [1.807, 2.05) is 63.3 Å². The summed E-state index contributed by atoms with van der Waals surface area (Å²) in [7, 11) is -0.785. The van der Waals surface area contributed by atoms with Gasteiger partial charge in [-0.2, -0.15) is 0 Å². The molecule has 0 heterocycles. The van der Waals surface area contributed by atoms with E-state index in [1.54, 1.807) is 26.7 Å². The van der Waals surface area contributed by atoms with Crippen molar-refractivity contribution in [1.82, 2.24) is 9.95 Å². The molecule has 2 unspecified atom stereocenters. The highest BCUT2D eigenvalue weighted by atomic mass is 32.1. The molecule has 0 saturated heterocycles. The second-order valence-electron chi connectivity index (χ2n) is 10.2. The summed E-state index contributed by atoms with van der Waals surface area (Å²) < 4.78 is 13.7. The zero-order valence-electron chi connectivity index (χ0n) is 22.6. The number of benzene rings is 1. The fourth-order valence-corrected chi connectivity index (χ4v) is 3.35. The SMILES string of the molecule is CB(O)NCC(C)(C)C(=O)O[C@@H](CC(C)C)C(=O)OC(C/C=C/C(=O)NS)C(C)/C=C/c1ccccc1. The van der Waals surface area contributed by atoms with Crippen molar-refractivity contribution in [2.45, 2.75) is 66.5 Å². The van der Waals surface area contributed by atoms with Gasteiger partial charge in [0, 0.05) is 18.9 Å². The second kappa shape index (κ2) is 16.3. The summed E-state index contributed by atoms with van der Waals surface area (Å²) in [6.07, 6.45) is 5.70. The van der Waals surface area contributed by atoms with E-state index in [4.69, 9.17) is 9.47 Å². The van der Waals surface area contributed by atoms with Gasteiger partial charge in [-0.15, -0.1) is 0 Å². The molecule has 3 N–H and O–H groups in total. The third kappa shape index (κ3) is 13.0. The zero-order chi connectivity index (χ0) is 28.0. The van der Waals surface area contributed by atoms with Crippen LogP contribution in [0.25, 0.3) is 6.08 Å². The number of carbonyl (C=O) groups is 3. The Morgan fingerprint density at radius 1 is 1.14 bits per heavy atom. The van der Waals surface area contributed by atoms with Gasteiger partial charge in [-0.1, -0.05) is 82.1 Å². The van der Waals surface area contributed by atoms with Crippen molar-refractivity contribution >= 4 is 43.8 Å². The Kier molecular flexibility index (Phi) is 14.3. The molecule has 0 radical (unpaired) electrons. The molecule has 204 valence electrons. The minimum absolute atomic E-state index is 0.0666. The van der Waals surface area contributed by atoms with Crippen LogP contribution in [0.1, 0.15) is 53.0 Å². The number of carbonyl (C=O) groups excluding carboxylic acids is 3. The number of hydrogen-bond donors (Lipinski definition) is 4. The van der Waals surface area contributed by atoms with Gasteiger partial charge in [0.1, 0.15) is 6.10 Å². The highest BCUT2D eigenvalue weighted by Crippen LogP contribution is 2.23. The molecule has 1 aromatic rings. The Bertz CT molecular complexity index is 921. The number of rotatable bonds is 15. The normalized spacial score (nSPS) is 14.4. The lowest BCUT2D eigenvalue weighted by Crippen LogP contribution is -2.45. The summed E-state index contributed by atoms with van der Waals surface area (Å²) >= 11 is 3.74. The van der Waals surface area contributed by atoms with E-state index in [0.29, 0.717) is 6.42 Å². The van der Waals surface area contributed by atoms with Crippen LogP contribution in [0.3, 0.4) is 0 Å². The van der Waals surface area contributed by atoms with Gasteiger partial charge in [0.05, 0.1) is 5.41 Å². The summed E-state index contributed by atoms with van der Waals surface area (Å²) in [6, 6.07) is 9.73. The minimum atomic E-state index is -1.09. The predicted octanol–water partition coefficient (Wildman–Crippen LogP) is 3.84. The number of ether oxygens (including phenoxy) is 2. The average molecular weight is 533 g/mol. The van der Waals surface area contributed by atoms with Gasteiger partial charge in [0.2, 0.25) is 0 Å². The summed E-state index contributed by atoms with van der Waals surface area (Å²) in [5.74, 6) is -1.73. The fourth-order valence-electron chi connectivity index (χ4n) is 3.28. The monoisotopic (exact) mass is 532 g/mol. The van der Waals surface area contributed by atoms with Crippen LogP contribution in [0.4, 0.5) is 0 Å². The second-order valence-corrected chi connectivity index (χ2v) is 10.4. The molecule has 0 spiro atoms. The lowest BCUT2D eigenvalue weighted by molar-refractivity contribution is -0.178. The number of nitrogens with one attached hydrogen (secondary N) is 2. The Labute approximate surface area is 226 Å². The largest absolute Gasteiger partial charge is 0.459 e. The zero-order valence-corrected chi connectivity index (χ0v) is 23.5. The first-order chi connectivity index (χ1) is 17.4. The Morgan fingerprint density at radius 3 is 2.35 bits per heavy atom. The van der Waals surface area contributed by atoms with E-state index in [-0.39, 0.29) is 30.7 Å². The molecule has 8 nitrogen and oxygen atoms in total. The van der Waals surface area contributed by atoms with Crippen LogP contribution in [0.5, 0.6) is 0 Å². The van der Waals surface area contributed by atoms with Crippen LogP contribution in [0.2, 0.25) is 6.82 Å². The van der Waals surface area contributed by atoms with Crippen LogP contribution in [-0.2, 0) is 23.9 Å². The lowest BCUT2D eigenvalue weighted by Gasteiger charge is -2.28. The first-order valence-corrected chi connectivity index (χ1v) is 13.0. The van der Waals surface area contributed by atoms with Gasteiger partial charge in [0.15, 0.2) is 6.10 Å². The van der Waals surface area contributed by atoms with Crippen molar-refractivity contribution in [2.75, 3.05) is 6.54 Å². The topological polar surface area (TPSA) is 114 Å². The molecular weight excluding hydrogens is 491 g/mol. The minimum Gasteiger partial charge on any atom is -0.459 e. The highest BCUT2D eigenvalue weighted by Gasteiger charge is 2.36. The Hall–Kier alpha value is -2.56. The van der Waals surface area contributed by atoms with Crippen LogP contribution in [0.15, 0.2) is 48.6 Å². The molecule has 0 bridgehead atoms. The van der Waals surface area contributed by atoms with Gasteiger partial charge in [-0.25, -0.2) is 4.79 Å². The van der Waals surface area contributed by atoms with Gasteiger partial charge < -0.3 is 19.7 Å². The Morgan fingerprint density at radius 2 is 1.78 bits per heavy atom. The van der Waals surface area contributed by atoms with Gasteiger partial charge >= 0.3 is 19.0 Å². The van der Waals surface area contributed by atoms with E-state index in [0.717, 1.165) is 5.56 Å². The lowest BCUT2D eigenvalue weighted by atomic mass is 9.84. The molecule has 3 atom stereocenters. The molecule has 0 aromatic heterocycles. The fraction of sp³-hybridized carbons (Fsp3) is 0.519. The van der Waals surface area contributed by atoms with E-state index in [9.17, 15) is 19.4 Å². The predicted molar refractivity (Wildman–Crippen MR) is 150 cm³/mol. The van der Waals surface area contributed by atoms with Crippen LogP contribution < -0.4 is 9.95 Å². The summed E-state index contributed by atoms with van der Waals surface area (Å²) in [6.45, 7) is 10.9. The smallest absolute Gasteiger partial charge is 0.373 e. The molecule has 37 heavy (non-hydrogen) atoms. The standard InChI is InChI=1S/C27H41BN2O6S/c1-19(2)17-23(36-26(33)27(4,5)18-29-28(6)34)25(32)35-22(13-10-14-24(31)30-37)20(3)15-16-21-11-8-7-9-12-21/h7-12,14-16,19-20,22-23,29,34,37H,13,17-18H2,1-6H3,(H,30,31)/b14-10+,16-15+/t20?,22?,23-/m0/s1. The number of hydrogen-bond acceptors (Lipinski definition) is 8. The van der Waals surface area contributed by atoms with Gasteiger partial charge in [-0.05, 0) is 44.6 Å². The first-order valence-electron chi connectivity index (χ1n) is 12.5. The maximum atomic E-state index is 13.3. The summed E-state index contributed by atoms with van der Waals surface area (Å²) in [5, 5.41) is 12.3. The van der Waals surface area contributed by atoms with Crippen molar-refractivity contribution in [2.24, 2.45) is 17.3 Å². The molecule has 0 aliphatic rings. The van der Waals surface area contributed by atoms with E-state index >= 15 is 0 Å². The van der Waals surface area contributed by atoms with Crippen LogP contribution in [-0.4, -0.2) is 48.7 Å². The summed E-state index contributed by atoms with van der Waals surface area (Å²) in [5.41, 5.74) is 0.0321. The van der Waals surface area contributed by atoms with Crippen molar-refractivity contribution < 1.29 is 28.9 Å². The number of esters is 2. The molecule has 0 fully saturated rings. The van der Waals surface area contributed by atoms with Crippen molar-refractivity contribution in [3.8, 4) is 0 Å². The maximum absolute atomic E-state index is 13.3. The third-order valence-corrected chi connectivity index (χ3v) is 5.80. The third-order valence-electron chi connectivity index (χ3n) is 5.58. The van der Waals surface area contributed by atoms with Gasteiger partial charge in [0.25, 0.3) is 5.91 Å². The van der Waals surface area contributed by atoms with Crippen molar-refractivity contribution in [1.29, 1.82) is 0 Å². The van der Waals surface area contributed by atoms with Crippen molar-refractivity contribution in [3.05, 3.63) is 54.1 Å². The number of amides is 1. The molecular formula is C27H41BN2O6S. The van der Waals surface area contributed by atoms with E-state index in [1.165, 1.54) is 6.08 Å². The van der Waals surface area contributed by atoms with E-state index in [2.05, 4.69) is 22.8 Å². The van der Waals surface area contributed by atoms with E-state index < -0.39 is 36.6 Å². The van der Waals surface area contributed by atoms with Crippen LogP contribution >= 0.6 is 12.8 Å². The molecule has 1 amide bonds. The number of thiol groups is 1. The molecule has 0 aliphatic carbocycles. The molecule has 1 aromatic carbocycles. The van der Waals surface area contributed by atoms with Crippen LogP contribution in [0, 0.1) is 17.3 Å². The van der Waals surface area contributed by atoms with Gasteiger partial charge in [-0.3, -0.25) is 14.3 Å². The highest BCUT2D eigenvalue weighted by molar-refractivity contribution is 7.78. The average Bonchev–Trinajstić information content (AvgIpc) is 2.85. The summed E-state index contributed by atoms with van der Waals surface area (Å²) in [4.78, 5) is 37.7. The quantitative estimate of drug-likeness (QED) is 0.118. The molecule has 1 rings (SSSR count). The first kappa shape index (κ1) is 32.5.